The molecule has 4 rings (SSSR count). The molecule has 0 aliphatic carbocycles. The van der Waals surface area contributed by atoms with E-state index in [1.165, 1.54) is 11.1 Å². The smallest absolute Gasteiger partial charge is 0.245 e. The first-order chi connectivity index (χ1) is 15.0. The van der Waals surface area contributed by atoms with Crippen molar-refractivity contribution in [3.8, 4) is 0 Å². The van der Waals surface area contributed by atoms with Crippen LogP contribution in [0.5, 0.6) is 0 Å². The zero-order valence-corrected chi connectivity index (χ0v) is 19.1. The highest BCUT2D eigenvalue weighted by atomic mass is 16.5. The Morgan fingerprint density at radius 1 is 1.03 bits per heavy atom. The molecule has 0 radical (unpaired) electrons. The molecule has 2 amide bonds. The summed E-state index contributed by atoms with van der Waals surface area (Å²) in [5.41, 5.74) is 2.38. The van der Waals surface area contributed by atoms with Gasteiger partial charge in [-0.3, -0.25) is 14.5 Å². The minimum absolute atomic E-state index is 0.102. The standard InChI is InChI=1S/C25H37N3O3/c1-19(2)15-24(29)28-18-22-6-4-3-5-21(22)16-23(28)25(30)27-9-7-20(8-10-27)17-26-11-13-31-14-12-26/h3-6,19-20,23H,7-18H2,1-2H3. The Labute approximate surface area is 186 Å². The van der Waals surface area contributed by atoms with E-state index in [1.807, 2.05) is 21.9 Å². The molecule has 1 aromatic carbocycles. The third-order valence-electron chi connectivity index (χ3n) is 6.98. The molecular weight excluding hydrogens is 390 g/mol. The number of hydrogen-bond acceptors (Lipinski definition) is 4. The molecule has 1 unspecified atom stereocenters. The number of carbonyl (C=O) groups is 2. The molecule has 0 N–H and O–H groups in total. The van der Waals surface area contributed by atoms with Crippen LogP contribution in [-0.2, 0) is 27.3 Å². The SMILES string of the molecule is CC(C)CC(=O)N1Cc2ccccc2CC1C(=O)N1CCC(CN2CCOCC2)CC1. The zero-order chi connectivity index (χ0) is 21.8. The van der Waals surface area contributed by atoms with Gasteiger partial charge in [-0.15, -0.1) is 0 Å². The van der Waals surface area contributed by atoms with Crippen LogP contribution in [0.1, 0.15) is 44.2 Å². The van der Waals surface area contributed by atoms with Gasteiger partial charge in [0.1, 0.15) is 6.04 Å². The fourth-order valence-electron chi connectivity index (χ4n) is 5.17. The maximum Gasteiger partial charge on any atom is 0.245 e. The lowest BCUT2D eigenvalue weighted by molar-refractivity contribution is -0.148. The van der Waals surface area contributed by atoms with Crippen LogP contribution >= 0.6 is 0 Å². The van der Waals surface area contributed by atoms with Crippen molar-refractivity contribution in [3.05, 3.63) is 35.4 Å². The Kier molecular flexibility index (Phi) is 7.28. The number of morpholine rings is 1. The predicted molar refractivity (Wildman–Crippen MR) is 121 cm³/mol. The van der Waals surface area contributed by atoms with Gasteiger partial charge in [0.05, 0.1) is 13.2 Å². The number of piperidine rings is 1. The summed E-state index contributed by atoms with van der Waals surface area (Å²) in [5.74, 6) is 1.17. The largest absolute Gasteiger partial charge is 0.379 e. The quantitative estimate of drug-likeness (QED) is 0.725. The summed E-state index contributed by atoms with van der Waals surface area (Å²) < 4.78 is 5.46. The van der Waals surface area contributed by atoms with Crippen LogP contribution in [0, 0.1) is 11.8 Å². The summed E-state index contributed by atoms with van der Waals surface area (Å²) in [4.78, 5) is 33.0. The van der Waals surface area contributed by atoms with Crippen LogP contribution in [0.4, 0.5) is 0 Å². The van der Waals surface area contributed by atoms with Gasteiger partial charge in [-0.1, -0.05) is 38.1 Å². The van der Waals surface area contributed by atoms with Gasteiger partial charge in [-0.2, -0.15) is 0 Å². The number of carbonyl (C=O) groups excluding carboxylic acids is 2. The van der Waals surface area contributed by atoms with E-state index in [-0.39, 0.29) is 23.8 Å². The zero-order valence-electron chi connectivity index (χ0n) is 19.1. The Hall–Kier alpha value is -1.92. The van der Waals surface area contributed by atoms with Crippen LogP contribution in [0.15, 0.2) is 24.3 Å². The van der Waals surface area contributed by atoms with Crippen molar-refractivity contribution in [2.75, 3.05) is 45.9 Å². The van der Waals surface area contributed by atoms with Gasteiger partial charge in [-0.25, -0.2) is 0 Å². The fraction of sp³-hybridized carbons (Fsp3) is 0.680. The number of amides is 2. The van der Waals surface area contributed by atoms with Gasteiger partial charge in [0.15, 0.2) is 0 Å². The third kappa shape index (κ3) is 5.47. The van der Waals surface area contributed by atoms with Gasteiger partial charge in [0.2, 0.25) is 11.8 Å². The van der Waals surface area contributed by atoms with Gasteiger partial charge in [-0.05, 0) is 35.8 Å². The molecular formula is C25H37N3O3. The molecule has 3 heterocycles. The van der Waals surface area contributed by atoms with Gasteiger partial charge >= 0.3 is 0 Å². The molecule has 0 saturated carbocycles. The molecule has 0 bridgehead atoms. The molecule has 6 nitrogen and oxygen atoms in total. The van der Waals surface area contributed by atoms with Crippen molar-refractivity contribution in [2.45, 2.75) is 52.1 Å². The molecule has 0 aromatic heterocycles. The van der Waals surface area contributed by atoms with E-state index in [0.717, 1.165) is 58.8 Å². The van der Waals surface area contributed by atoms with E-state index >= 15 is 0 Å². The second kappa shape index (κ2) is 10.1. The second-order valence-electron chi connectivity index (χ2n) is 9.79. The van der Waals surface area contributed by atoms with E-state index in [1.54, 1.807) is 0 Å². The number of fused-ring (bicyclic) bond motifs is 1. The average Bonchev–Trinajstić information content (AvgIpc) is 2.78. The summed E-state index contributed by atoms with van der Waals surface area (Å²) in [7, 11) is 0. The monoisotopic (exact) mass is 427 g/mol. The first-order valence-electron chi connectivity index (χ1n) is 12.0. The van der Waals surface area contributed by atoms with Crippen LogP contribution in [0.2, 0.25) is 0 Å². The molecule has 0 spiro atoms. The summed E-state index contributed by atoms with van der Waals surface area (Å²) in [6.45, 7) is 11.1. The van der Waals surface area contributed by atoms with Crippen molar-refractivity contribution in [2.24, 2.45) is 11.8 Å². The van der Waals surface area contributed by atoms with Gasteiger partial charge < -0.3 is 14.5 Å². The molecule has 2 saturated heterocycles. The van der Waals surface area contributed by atoms with E-state index in [2.05, 4.69) is 30.9 Å². The molecule has 6 heteroatoms. The first kappa shape index (κ1) is 22.3. The van der Waals surface area contributed by atoms with E-state index in [4.69, 9.17) is 4.74 Å². The number of ether oxygens (including phenoxy) is 1. The van der Waals surface area contributed by atoms with E-state index < -0.39 is 0 Å². The molecule has 31 heavy (non-hydrogen) atoms. The molecule has 3 aliphatic rings. The molecule has 2 fully saturated rings. The summed E-state index contributed by atoms with van der Waals surface area (Å²) >= 11 is 0. The molecule has 1 atom stereocenters. The Bertz CT molecular complexity index is 767. The van der Waals surface area contributed by atoms with Crippen LogP contribution in [0.3, 0.4) is 0 Å². The van der Waals surface area contributed by atoms with Crippen LogP contribution < -0.4 is 0 Å². The molecule has 170 valence electrons. The first-order valence-corrected chi connectivity index (χ1v) is 12.0. The van der Waals surface area contributed by atoms with Crippen LogP contribution in [0.25, 0.3) is 0 Å². The lowest BCUT2D eigenvalue weighted by Gasteiger charge is -2.41. The number of rotatable bonds is 5. The highest BCUT2D eigenvalue weighted by molar-refractivity contribution is 5.88. The molecule has 3 aliphatic heterocycles. The topological polar surface area (TPSA) is 53.1 Å². The number of likely N-dealkylation sites (tertiary alicyclic amines) is 1. The number of nitrogens with zero attached hydrogens (tertiary/aromatic N) is 3. The lowest BCUT2D eigenvalue weighted by Crippen LogP contribution is -2.55. The average molecular weight is 428 g/mol. The normalized spacial score (nSPS) is 23.1. The van der Waals surface area contributed by atoms with Crippen molar-refractivity contribution >= 4 is 11.8 Å². The maximum atomic E-state index is 13.6. The van der Waals surface area contributed by atoms with Crippen molar-refractivity contribution < 1.29 is 14.3 Å². The minimum Gasteiger partial charge on any atom is -0.379 e. The van der Waals surface area contributed by atoms with Gasteiger partial charge in [0.25, 0.3) is 0 Å². The summed E-state index contributed by atoms with van der Waals surface area (Å²) in [6.07, 6.45) is 3.22. The predicted octanol–water partition coefficient (Wildman–Crippen LogP) is 2.56. The number of benzene rings is 1. The Balaban J connectivity index is 1.40. The molecule has 1 aromatic rings. The Morgan fingerprint density at radius 3 is 2.39 bits per heavy atom. The highest BCUT2D eigenvalue weighted by Crippen LogP contribution is 2.28. The van der Waals surface area contributed by atoms with Crippen molar-refractivity contribution in [1.29, 1.82) is 0 Å². The minimum atomic E-state index is -0.364. The van der Waals surface area contributed by atoms with Crippen molar-refractivity contribution in [1.82, 2.24) is 14.7 Å². The summed E-state index contributed by atoms with van der Waals surface area (Å²) in [5, 5.41) is 0. The van der Waals surface area contributed by atoms with Gasteiger partial charge in [0, 0.05) is 52.1 Å². The van der Waals surface area contributed by atoms with E-state index in [9.17, 15) is 9.59 Å². The fourth-order valence-corrected chi connectivity index (χ4v) is 5.17. The van der Waals surface area contributed by atoms with E-state index in [0.29, 0.717) is 25.3 Å². The highest BCUT2D eigenvalue weighted by Gasteiger charge is 2.38. The lowest BCUT2D eigenvalue weighted by atomic mass is 9.91. The summed E-state index contributed by atoms with van der Waals surface area (Å²) in [6, 6.07) is 7.88. The Morgan fingerprint density at radius 2 is 1.71 bits per heavy atom. The number of hydrogen-bond donors (Lipinski definition) is 0. The van der Waals surface area contributed by atoms with Crippen molar-refractivity contribution in [3.63, 3.8) is 0 Å². The third-order valence-corrected chi connectivity index (χ3v) is 6.98. The maximum absolute atomic E-state index is 13.6. The second-order valence-corrected chi connectivity index (χ2v) is 9.79. The van der Waals surface area contributed by atoms with Crippen LogP contribution in [-0.4, -0.2) is 78.5 Å².